The van der Waals surface area contributed by atoms with Crippen molar-refractivity contribution in [1.82, 2.24) is 29.5 Å². The summed E-state index contributed by atoms with van der Waals surface area (Å²) in [6.45, 7) is 5.58. The Hall–Kier alpha value is -3.98. The van der Waals surface area contributed by atoms with Crippen LogP contribution in [-0.4, -0.2) is 73.8 Å². The van der Waals surface area contributed by atoms with E-state index >= 15 is 0 Å². The molecule has 1 atom stereocenters. The van der Waals surface area contributed by atoms with Crippen molar-refractivity contribution < 1.29 is 14.3 Å². The molecule has 3 heterocycles. The number of amides is 2. The second kappa shape index (κ2) is 10.6. The number of ether oxygens (including phenoxy) is 1. The molecule has 0 saturated carbocycles. The van der Waals surface area contributed by atoms with Crippen molar-refractivity contribution in [3.63, 3.8) is 0 Å². The number of hydrogen-bond donors (Lipinski definition) is 0. The van der Waals surface area contributed by atoms with Gasteiger partial charge >= 0.3 is 6.09 Å². The number of fused-ring (bicyclic) bond motifs is 1. The van der Waals surface area contributed by atoms with E-state index in [9.17, 15) is 9.59 Å². The Bertz CT molecular complexity index is 1440. The molecule has 0 spiro atoms. The molecule has 1 fully saturated rings. The minimum absolute atomic E-state index is 0.103. The van der Waals surface area contributed by atoms with Gasteiger partial charge in [-0.15, -0.1) is 10.2 Å². The average Bonchev–Trinajstić information content (AvgIpc) is 3.46. The number of hydrogen-bond acceptors (Lipinski definition) is 6. The van der Waals surface area contributed by atoms with Crippen LogP contribution in [0.5, 0.6) is 0 Å². The number of aromatic nitrogens is 4. The van der Waals surface area contributed by atoms with Crippen LogP contribution >= 0.6 is 11.6 Å². The van der Waals surface area contributed by atoms with Gasteiger partial charge in [0.2, 0.25) is 0 Å². The van der Waals surface area contributed by atoms with Crippen LogP contribution in [0.25, 0.3) is 27.8 Å². The van der Waals surface area contributed by atoms with Gasteiger partial charge in [-0.1, -0.05) is 36.7 Å². The molecule has 0 unspecified atom stereocenters. The second-order valence-electron chi connectivity index (χ2n) is 9.05. The molecule has 2 aromatic carbocycles. The number of pyridine rings is 1. The predicted octanol–water partition coefficient (Wildman–Crippen LogP) is 4.83. The summed E-state index contributed by atoms with van der Waals surface area (Å²) < 4.78 is 7.08. The Balaban J connectivity index is 1.38. The van der Waals surface area contributed by atoms with Crippen molar-refractivity contribution in [2.75, 3.05) is 26.2 Å². The molecule has 0 N–H and O–H groups in total. The van der Waals surface area contributed by atoms with Gasteiger partial charge < -0.3 is 14.5 Å². The van der Waals surface area contributed by atoms with Gasteiger partial charge in [-0.3, -0.25) is 9.36 Å². The number of piperazine rings is 1. The third-order valence-electron chi connectivity index (χ3n) is 6.44. The van der Waals surface area contributed by atoms with Crippen LogP contribution in [0.2, 0.25) is 5.02 Å². The largest absolute Gasteiger partial charge is 0.449 e. The molecule has 1 aliphatic heterocycles. The van der Waals surface area contributed by atoms with Gasteiger partial charge in [0.05, 0.1) is 22.8 Å². The molecule has 0 radical (unpaired) electrons. The summed E-state index contributed by atoms with van der Waals surface area (Å²) in [6.07, 6.45) is 3.71. The summed E-state index contributed by atoms with van der Waals surface area (Å²) in [7, 11) is 0. The van der Waals surface area contributed by atoms with Gasteiger partial charge in [-0.2, -0.15) is 0 Å². The van der Waals surface area contributed by atoms with Crippen molar-refractivity contribution >= 4 is 34.5 Å². The Labute approximate surface area is 219 Å². The van der Waals surface area contributed by atoms with Gasteiger partial charge in [0.1, 0.15) is 12.7 Å². The van der Waals surface area contributed by atoms with E-state index in [-0.39, 0.29) is 18.0 Å². The first-order chi connectivity index (χ1) is 17.9. The van der Waals surface area contributed by atoms with E-state index in [4.69, 9.17) is 21.3 Å². The van der Waals surface area contributed by atoms with Gasteiger partial charge in [-0.25, -0.2) is 9.78 Å². The molecule has 2 aromatic heterocycles. The number of nitrogens with zero attached hydrogens (tertiary/aromatic N) is 6. The Morgan fingerprint density at radius 1 is 1.08 bits per heavy atom. The highest BCUT2D eigenvalue weighted by atomic mass is 35.5. The first kappa shape index (κ1) is 24.7. The SMILES string of the molecule is CCCOC(=O)N1CCN(C(=O)c2ccc3c(Cl)cc(-c4cccc(-n5cnnc5)c4)nc3c2)C[C@H]1C. The molecule has 9 nitrogen and oxygen atoms in total. The lowest BCUT2D eigenvalue weighted by Crippen LogP contribution is -2.55. The molecule has 0 aliphatic carbocycles. The van der Waals surface area contributed by atoms with Gasteiger partial charge in [0.25, 0.3) is 5.91 Å². The second-order valence-corrected chi connectivity index (χ2v) is 9.46. The summed E-state index contributed by atoms with van der Waals surface area (Å²) in [5.41, 5.74) is 3.64. The van der Waals surface area contributed by atoms with Crippen molar-refractivity contribution in [2.24, 2.45) is 0 Å². The molecule has 1 aliphatic rings. The highest BCUT2D eigenvalue weighted by molar-refractivity contribution is 6.35. The third kappa shape index (κ3) is 5.13. The van der Waals surface area contributed by atoms with Crippen molar-refractivity contribution in [2.45, 2.75) is 26.3 Å². The Morgan fingerprint density at radius 2 is 1.89 bits per heavy atom. The average molecular weight is 519 g/mol. The lowest BCUT2D eigenvalue weighted by molar-refractivity contribution is 0.0412. The normalized spacial score (nSPS) is 15.7. The van der Waals surface area contributed by atoms with Crippen molar-refractivity contribution in [1.29, 1.82) is 0 Å². The summed E-state index contributed by atoms with van der Waals surface area (Å²) in [5.74, 6) is -0.103. The van der Waals surface area contributed by atoms with Crippen LogP contribution in [0.1, 0.15) is 30.6 Å². The maximum Gasteiger partial charge on any atom is 0.410 e. The minimum atomic E-state index is -0.327. The first-order valence-electron chi connectivity index (χ1n) is 12.2. The van der Waals surface area contributed by atoms with Crippen LogP contribution in [0.15, 0.2) is 61.2 Å². The number of benzene rings is 2. The van der Waals surface area contributed by atoms with Crippen LogP contribution in [-0.2, 0) is 4.74 Å². The van der Waals surface area contributed by atoms with Gasteiger partial charge in [0, 0.05) is 47.9 Å². The molecular formula is C27H27ClN6O3. The lowest BCUT2D eigenvalue weighted by atomic mass is 10.1. The lowest BCUT2D eigenvalue weighted by Gasteiger charge is -2.39. The molecule has 1 saturated heterocycles. The highest BCUT2D eigenvalue weighted by Gasteiger charge is 2.31. The molecular weight excluding hydrogens is 492 g/mol. The fourth-order valence-electron chi connectivity index (χ4n) is 4.49. The van der Waals surface area contributed by atoms with E-state index in [1.807, 2.05) is 54.8 Å². The maximum atomic E-state index is 13.4. The molecule has 5 rings (SSSR count). The summed E-state index contributed by atoms with van der Waals surface area (Å²) in [5, 5.41) is 9.06. The van der Waals surface area contributed by atoms with E-state index < -0.39 is 0 Å². The Kier molecular flexibility index (Phi) is 7.05. The fraction of sp³-hybridized carbons (Fsp3) is 0.296. The van der Waals surface area contributed by atoms with Gasteiger partial charge in [-0.05, 0) is 43.7 Å². The predicted molar refractivity (Wildman–Crippen MR) is 141 cm³/mol. The first-order valence-corrected chi connectivity index (χ1v) is 12.6. The monoisotopic (exact) mass is 518 g/mol. The zero-order valence-corrected chi connectivity index (χ0v) is 21.4. The summed E-state index contributed by atoms with van der Waals surface area (Å²) in [4.78, 5) is 34.0. The number of carbonyl (C=O) groups excluding carboxylic acids is 2. The highest BCUT2D eigenvalue weighted by Crippen LogP contribution is 2.30. The number of carbonyl (C=O) groups is 2. The summed E-state index contributed by atoms with van der Waals surface area (Å²) in [6, 6.07) is 14.9. The molecule has 10 heteroatoms. The van der Waals surface area contributed by atoms with E-state index in [0.717, 1.165) is 23.1 Å². The standard InChI is InChI=1S/C27H27ClN6O3/c1-3-11-37-27(36)34-10-9-32(15-18(34)2)26(35)20-7-8-22-23(28)14-24(31-25(22)13-20)19-5-4-6-21(12-19)33-16-29-30-17-33/h4-8,12-14,16-18H,3,9-11,15H2,1-2H3/t18-/m1/s1. The molecule has 2 amide bonds. The van der Waals surface area contributed by atoms with Crippen LogP contribution in [0.4, 0.5) is 4.79 Å². The van der Waals surface area contributed by atoms with Crippen molar-refractivity contribution in [3.8, 4) is 16.9 Å². The van der Waals surface area contributed by atoms with E-state index in [1.54, 1.807) is 34.6 Å². The maximum absolute atomic E-state index is 13.4. The number of halogens is 1. The topological polar surface area (TPSA) is 93.5 Å². The Morgan fingerprint density at radius 3 is 2.65 bits per heavy atom. The molecule has 0 bridgehead atoms. The summed E-state index contributed by atoms with van der Waals surface area (Å²) >= 11 is 6.62. The van der Waals surface area contributed by atoms with E-state index in [2.05, 4.69) is 10.2 Å². The van der Waals surface area contributed by atoms with E-state index in [1.165, 1.54) is 0 Å². The van der Waals surface area contributed by atoms with Crippen molar-refractivity contribution in [3.05, 3.63) is 71.8 Å². The quantitative estimate of drug-likeness (QED) is 0.375. The smallest absolute Gasteiger partial charge is 0.410 e. The van der Waals surface area contributed by atoms with Gasteiger partial charge in [0.15, 0.2) is 0 Å². The van der Waals surface area contributed by atoms with E-state index in [0.29, 0.717) is 48.0 Å². The molecule has 4 aromatic rings. The van der Waals surface area contributed by atoms with Crippen LogP contribution < -0.4 is 0 Å². The zero-order chi connectivity index (χ0) is 25.9. The van der Waals surface area contributed by atoms with Crippen LogP contribution in [0.3, 0.4) is 0 Å². The number of rotatable bonds is 5. The molecule has 37 heavy (non-hydrogen) atoms. The zero-order valence-electron chi connectivity index (χ0n) is 20.7. The third-order valence-corrected chi connectivity index (χ3v) is 6.76. The fourth-order valence-corrected chi connectivity index (χ4v) is 4.76. The minimum Gasteiger partial charge on any atom is -0.449 e. The molecule has 190 valence electrons. The van der Waals surface area contributed by atoms with Crippen LogP contribution in [0, 0.1) is 0 Å².